The maximum Gasteiger partial charge on any atom is 0.339 e. The van der Waals surface area contributed by atoms with Crippen LogP contribution in [0.1, 0.15) is 22.8 Å². The second-order valence-electron chi connectivity index (χ2n) is 5.98. The first-order valence-electron chi connectivity index (χ1n) is 7.99. The zero-order chi connectivity index (χ0) is 21.9. The van der Waals surface area contributed by atoms with E-state index >= 15 is 0 Å². The molecule has 0 fully saturated rings. The number of nitrogens with zero attached hydrogens (tertiary/aromatic N) is 1. The highest BCUT2D eigenvalue weighted by atomic mass is 32.2. The SMILES string of the molecule is Cc1ccc(S(N)(=O)=O)cc1C(=O)OC(C)C(=O)Nc1ccc(F)c([N+](=O)[O-])c1. The van der Waals surface area contributed by atoms with E-state index in [4.69, 9.17) is 9.88 Å². The Balaban J connectivity index is 2.15. The Hall–Kier alpha value is -3.38. The largest absolute Gasteiger partial charge is 0.449 e. The van der Waals surface area contributed by atoms with E-state index < -0.39 is 44.4 Å². The molecule has 2 aromatic rings. The smallest absolute Gasteiger partial charge is 0.339 e. The summed E-state index contributed by atoms with van der Waals surface area (Å²) in [4.78, 5) is 34.0. The van der Waals surface area contributed by atoms with Crippen molar-refractivity contribution in [3.05, 3.63) is 63.5 Å². The Labute approximate surface area is 164 Å². The maximum absolute atomic E-state index is 13.4. The van der Waals surface area contributed by atoms with Crippen molar-refractivity contribution in [1.82, 2.24) is 0 Å². The summed E-state index contributed by atoms with van der Waals surface area (Å²) in [6.45, 7) is 2.77. The van der Waals surface area contributed by atoms with Crippen molar-refractivity contribution in [2.24, 2.45) is 5.14 Å². The third kappa shape index (κ3) is 5.33. The molecule has 1 atom stereocenters. The van der Waals surface area contributed by atoms with Crippen LogP contribution in [0.3, 0.4) is 0 Å². The van der Waals surface area contributed by atoms with Crippen molar-refractivity contribution >= 4 is 33.3 Å². The number of primary sulfonamides is 1. The van der Waals surface area contributed by atoms with Crippen molar-refractivity contribution in [3.63, 3.8) is 0 Å². The molecule has 12 heteroatoms. The summed E-state index contributed by atoms with van der Waals surface area (Å²) < 4.78 is 41.3. The van der Waals surface area contributed by atoms with Crippen LogP contribution in [-0.2, 0) is 19.6 Å². The Morgan fingerprint density at radius 1 is 1.24 bits per heavy atom. The number of hydrogen-bond acceptors (Lipinski definition) is 7. The highest BCUT2D eigenvalue weighted by Gasteiger charge is 2.23. The topological polar surface area (TPSA) is 159 Å². The van der Waals surface area contributed by atoms with Gasteiger partial charge in [-0.15, -0.1) is 0 Å². The predicted molar refractivity (Wildman–Crippen MR) is 99.1 cm³/mol. The summed E-state index contributed by atoms with van der Waals surface area (Å²) in [6.07, 6.45) is -1.34. The number of carbonyl (C=O) groups excluding carboxylic acids is 2. The van der Waals surface area contributed by atoms with Gasteiger partial charge in [-0.05, 0) is 43.7 Å². The number of anilines is 1. The number of ether oxygens (including phenoxy) is 1. The first kappa shape index (κ1) is 21.9. The van der Waals surface area contributed by atoms with Crippen LogP contribution in [0.25, 0.3) is 0 Å². The Bertz CT molecular complexity index is 1100. The van der Waals surface area contributed by atoms with Gasteiger partial charge in [-0.2, -0.15) is 4.39 Å². The van der Waals surface area contributed by atoms with E-state index in [-0.39, 0.29) is 16.1 Å². The molecule has 2 rings (SSSR count). The van der Waals surface area contributed by atoms with Gasteiger partial charge in [-0.25, -0.2) is 18.4 Å². The van der Waals surface area contributed by atoms with Crippen LogP contribution in [0.5, 0.6) is 0 Å². The highest BCUT2D eigenvalue weighted by Crippen LogP contribution is 2.22. The summed E-state index contributed by atoms with van der Waals surface area (Å²) in [5.41, 5.74) is -0.612. The van der Waals surface area contributed by atoms with Crippen LogP contribution in [0, 0.1) is 22.9 Å². The number of sulfonamides is 1. The number of carbonyl (C=O) groups is 2. The molecule has 0 saturated heterocycles. The summed E-state index contributed by atoms with van der Waals surface area (Å²) in [7, 11) is -4.05. The van der Waals surface area contributed by atoms with E-state index in [1.165, 1.54) is 26.0 Å². The molecule has 29 heavy (non-hydrogen) atoms. The van der Waals surface area contributed by atoms with Crippen molar-refractivity contribution in [1.29, 1.82) is 0 Å². The number of halogens is 1. The average Bonchev–Trinajstić information content (AvgIpc) is 2.62. The molecule has 0 heterocycles. The highest BCUT2D eigenvalue weighted by molar-refractivity contribution is 7.89. The molecule has 0 saturated carbocycles. The molecule has 0 aliphatic rings. The van der Waals surface area contributed by atoms with Crippen molar-refractivity contribution < 1.29 is 32.1 Å². The first-order valence-corrected chi connectivity index (χ1v) is 9.54. The minimum Gasteiger partial charge on any atom is -0.449 e. The van der Waals surface area contributed by atoms with Gasteiger partial charge in [-0.1, -0.05) is 6.07 Å². The number of hydrogen-bond donors (Lipinski definition) is 2. The van der Waals surface area contributed by atoms with E-state index in [1.807, 2.05) is 0 Å². The number of amides is 1. The standard InChI is InChI=1S/C17H16FN3O7S/c1-9-3-5-12(29(19,26)27)8-13(9)17(23)28-10(2)16(22)20-11-4-6-14(18)15(7-11)21(24)25/h3-8,10H,1-2H3,(H,20,22)(H2,19,26,27). The van der Waals surface area contributed by atoms with Gasteiger partial charge in [0, 0.05) is 11.8 Å². The molecule has 0 aromatic heterocycles. The quantitative estimate of drug-likeness (QED) is 0.406. The van der Waals surface area contributed by atoms with E-state index in [2.05, 4.69) is 5.32 Å². The molecule has 0 aliphatic heterocycles. The van der Waals surface area contributed by atoms with Crippen molar-refractivity contribution in [3.8, 4) is 0 Å². The molecule has 0 spiro atoms. The molecule has 10 nitrogen and oxygen atoms in total. The number of nitrogens with one attached hydrogen (secondary N) is 1. The fourth-order valence-electron chi connectivity index (χ4n) is 2.25. The molecule has 154 valence electrons. The lowest BCUT2D eigenvalue weighted by atomic mass is 10.1. The maximum atomic E-state index is 13.4. The molecular formula is C17H16FN3O7S. The van der Waals surface area contributed by atoms with E-state index in [0.29, 0.717) is 5.56 Å². The molecule has 2 aromatic carbocycles. The van der Waals surface area contributed by atoms with Gasteiger partial charge >= 0.3 is 11.7 Å². The lowest BCUT2D eigenvalue weighted by Gasteiger charge is -2.15. The van der Waals surface area contributed by atoms with Crippen LogP contribution in [-0.4, -0.2) is 31.3 Å². The lowest BCUT2D eigenvalue weighted by molar-refractivity contribution is -0.387. The van der Waals surface area contributed by atoms with Crippen molar-refractivity contribution in [2.45, 2.75) is 24.8 Å². The fourth-order valence-corrected chi connectivity index (χ4v) is 2.79. The van der Waals surface area contributed by atoms with Crippen LogP contribution in [0.15, 0.2) is 41.3 Å². The molecule has 1 amide bonds. The normalized spacial score (nSPS) is 12.1. The number of benzene rings is 2. The van der Waals surface area contributed by atoms with Gasteiger partial charge in [0.2, 0.25) is 15.8 Å². The number of nitrogens with two attached hydrogens (primary N) is 1. The van der Waals surface area contributed by atoms with Crippen LogP contribution < -0.4 is 10.5 Å². The fraction of sp³-hybridized carbons (Fsp3) is 0.176. The lowest BCUT2D eigenvalue weighted by Crippen LogP contribution is -2.30. The third-order valence-electron chi connectivity index (χ3n) is 3.82. The summed E-state index contributed by atoms with van der Waals surface area (Å²) in [5, 5.41) is 18.1. The monoisotopic (exact) mass is 425 g/mol. The van der Waals surface area contributed by atoms with Crippen LogP contribution >= 0.6 is 0 Å². The number of rotatable bonds is 6. The van der Waals surface area contributed by atoms with Gasteiger partial charge in [0.15, 0.2) is 6.10 Å². The van der Waals surface area contributed by atoms with Crippen LogP contribution in [0.4, 0.5) is 15.8 Å². The Morgan fingerprint density at radius 2 is 1.90 bits per heavy atom. The molecule has 0 aliphatic carbocycles. The zero-order valence-electron chi connectivity index (χ0n) is 15.2. The number of aryl methyl sites for hydroxylation is 1. The van der Waals surface area contributed by atoms with Crippen molar-refractivity contribution in [2.75, 3.05) is 5.32 Å². The molecule has 1 unspecified atom stereocenters. The summed E-state index contributed by atoms with van der Waals surface area (Å²) in [5.74, 6) is -2.88. The predicted octanol–water partition coefficient (Wildman–Crippen LogP) is 1.87. The Morgan fingerprint density at radius 3 is 2.48 bits per heavy atom. The second-order valence-corrected chi connectivity index (χ2v) is 7.54. The van der Waals surface area contributed by atoms with Gasteiger partial charge in [-0.3, -0.25) is 14.9 Å². The van der Waals surface area contributed by atoms with Gasteiger partial charge in [0.25, 0.3) is 5.91 Å². The van der Waals surface area contributed by atoms with E-state index in [0.717, 1.165) is 24.3 Å². The summed E-state index contributed by atoms with van der Waals surface area (Å²) in [6, 6.07) is 6.35. The third-order valence-corrected chi connectivity index (χ3v) is 4.73. The van der Waals surface area contributed by atoms with Crippen LogP contribution in [0.2, 0.25) is 0 Å². The Kier molecular flexibility index (Phi) is 6.29. The minimum absolute atomic E-state index is 0.0709. The average molecular weight is 425 g/mol. The minimum atomic E-state index is -4.05. The number of nitro groups is 1. The van der Waals surface area contributed by atoms with Gasteiger partial charge < -0.3 is 10.1 Å². The zero-order valence-corrected chi connectivity index (χ0v) is 16.0. The van der Waals surface area contributed by atoms with Gasteiger partial charge in [0.1, 0.15) is 0 Å². The molecular weight excluding hydrogens is 409 g/mol. The number of esters is 1. The van der Waals surface area contributed by atoms with E-state index in [1.54, 1.807) is 0 Å². The number of nitro benzene ring substituents is 1. The van der Waals surface area contributed by atoms with Gasteiger partial charge in [0.05, 0.1) is 15.4 Å². The van der Waals surface area contributed by atoms with E-state index in [9.17, 15) is 32.5 Å². The first-order chi connectivity index (χ1) is 13.4. The molecule has 3 N–H and O–H groups in total. The summed E-state index contributed by atoms with van der Waals surface area (Å²) >= 11 is 0. The molecule has 0 bridgehead atoms. The molecule has 0 radical (unpaired) electrons. The second kappa shape index (κ2) is 8.32.